The summed E-state index contributed by atoms with van der Waals surface area (Å²) in [5.74, 6) is -0.175. The third kappa shape index (κ3) is 3.16. The summed E-state index contributed by atoms with van der Waals surface area (Å²) < 4.78 is 13.3. The Bertz CT molecular complexity index is 635. The van der Waals surface area contributed by atoms with Crippen molar-refractivity contribution >= 4 is 0 Å². The minimum absolute atomic E-state index is 0.129. The van der Waals surface area contributed by atoms with E-state index in [4.69, 9.17) is 0 Å². The van der Waals surface area contributed by atoms with Gasteiger partial charge >= 0.3 is 0 Å². The maximum atomic E-state index is 13.3. The fourth-order valence-electron chi connectivity index (χ4n) is 3.20. The zero-order chi connectivity index (χ0) is 14.8. The van der Waals surface area contributed by atoms with E-state index >= 15 is 0 Å². The number of benzene rings is 2. The van der Waals surface area contributed by atoms with Crippen molar-refractivity contribution in [1.82, 2.24) is 5.32 Å². The molecule has 21 heavy (non-hydrogen) atoms. The van der Waals surface area contributed by atoms with Crippen LogP contribution in [0.5, 0.6) is 0 Å². The molecule has 0 amide bonds. The van der Waals surface area contributed by atoms with E-state index in [1.54, 1.807) is 12.1 Å². The fourth-order valence-corrected chi connectivity index (χ4v) is 3.20. The molecular weight excluding hydrogens is 261 g/mol. The van der Waals surface area contributed by atoms with Gasteiger partial charge in [-0.25, -0.2) is 4.39 Å². The number of hydrogen-bond donors (Lipinski definition) is 1. The number of halogens is 1. The van der Waals surface area contributed by atoms with Gasteiger partial charge in [0.15, 0.2) is 0 Å². The predicted molar refractivity (Wildman–Crippen MR) is 84.8 cm³/mol. The maximum Gasteiger partial charge on any atom is 0.123 e. The first-order valence-electron chi connectivity index (χ1n) is 7.76. The Kier molecular flexibility index (Phi) is 4.07. The van der Waals surface area contributed by atoms with E-state index in [-0.39, 0.29) is 17.9 Å². The highest BCUT2D eigenvalue weighted by atomic mass is 19.1. The van der Waals surface area contributed by atoms with Gasteiger partial charge in [0.1, 0.15) is 5.82 Å². The first-order chi connectivity index (χ1) is 10.1. The number of hydrogen-bond acceptors (Lipinski definition) is 1. The van der Waals surface area contributed by atoms with Crippen LogP contribution in [0, 0.1) is 5.82 Å². The van der Waals surface area contributed by atoms with Gasteiger partial charge in [-0.15, -0.1) is 0 Å². The summed E-state index contributed by atoms with van der Waals surface area (Å²) in [7, 11) is 0. The molecule has 0 spiro atoms. The highest BCUT2D eigenvalue weighted by molar-refractivity contribution is 5.36. The Morgan fingerprint density at radius 2 is 1.62 bits per heavy atom. The van der Waals surface area contributed by atoms with Crippen molar-refractivity contribution in [3.05, 3.63) is 70.5 Å². The molecule has 0 aromatic heterocycles. The van der Waals surface area contributed by atoms with Gasteiger partial charge < -0.3 is 5.32 Å². The molecule has 110 valence electrons. The van der Waals surface area contributed by atoms with Crippen molar-refractivity contribution < 1.29 is 4.39 Å². The lowest BCUT2D eigenvalue weighted by molar-refractivity contribution is 0.491. The number of aryl methyl sites for hydroxylation is 2. The van der Waals surface area contributed by atoms with Crippen LogP contribution in [0.3, 0.4) is 0 Å². The van der Waals surface area contributed by atoms with Crippen LogP contribution in [0.4, 0.5) is 4.39 Å². The van der Waals surface area contributed by atoms with Crippen LogP contribution in [0.1, 0.15) is 54.6 Å². The zero-order valence-electron chi connectivity index (χ0n) is 12.7. The molecule has 1 aliphatic rings. The zero-order valence-corrected chi connectivity index (χ0v) is 12.7. The summed E-state index contributed by atoms with van der Waals surface area (Å²) in [6.45, 7) is 4.26. The number of fused-ring (bicyclic) bond motifs is 1. The van der Waals surface area contributed by atoms with Gasteiger partial charge in [0.2, 0.25) is 0 Å². The molecule has 0 saturated carbocycles. The van der Waals surface area contributed by atoms with Crippen molar-refractivity contribution in [3.63, 3.8) is 0 Å². The minimum Gasteiger partial charge on any atom is -0.304 e. The standard InChI is InChI=1S/C19H22FN/c1-13(16-6-4-8-19(20)12-16)21-14(2)17-10-9-15-5-3-7-18(15)11-17/h4,6,8-14,21H,3,5,7H2,1-2H3. The van der Waals surface area contributed by atoms with E-state index in [9.17, 15) is 4.39 Å². The van der Waals surface area contributed by atoms with E-state index in [1.807, 2.05) is 6.07 Å². The third-order valence-electron chi connectivity index (χ3n) is 4.47. The van der Waals surface area contributed by atoms with Gasteiger partial charge in [0.05, 0.1) is 0 Å². The lowest BCUT2D eigenvalue weighted by Crippen LogP contribution is -2.22. The first kappa shape index (κ1) is 14.3. The second kappa shape index (κ2) is 5.98. The largest absolute Gasteiger partial charge is 0.304 e. The molecule has 1 nitrogen and oxygen atoms in total. The molecule has 0 radical (unpaired) electrons. The topological polar surface area (TPSA) is 12.0 Å². The summed E-state index contributed by atoms with van der Waals surface area (Å²) in [6, 6.07) is 14.0. The molecule has 2 unspecified atom stereocenters. The summed E-state index contributed by atoms with van der Waals surface area (Å²) >= 11 is 0. The maximum absolute atomic E-state index is 13.3. The van der Waals surface area contributed by atoms with E-state index in [0.29, 0.717) is 0 Å². The Hall–Kier alpha value is -1.67. The van der Waals surface area contributed by atoms with Gasteiger partial charge in [-0.2, -0.15) is 0 Å². The van der Waals surface area contributed by atoms with Crippen LogP contribution in [0.2, 0.25) is 0 Å². The highest BCUT2D eigenvalue weighted by Crippen LogP contribution is 2.26. The lowest BCUT2D eigenvalue weighted by Gasteiger charge is -2.21. The fraction of sp³-hybridized carbons (Fsp3) is 0.368. The third-order valence-corrected chi connectivity index (χ3v) is 4.47. The second-order valence-electron chi connectivity index (χ2n) is 6.05. The van der Waals surface area contributed by atoms with E-state index in [2.05, 4.69) is 37.4 Å². The summed E-state index contributed by atoms with van der Waals surface area (Å²) in [5, 5.41) is 3.56. The van der Waals surface area contributed by atoms with Crippen LogP contribution >= 0.6 is 0 Å². The molecule has 2 aromatic carbocycles. The number of rotatable bonds is 4. The molecular formula is C19H22FN. The van der Waals surface area contributed by atoms with E-state index in [1.165, 1.54) is 42.0 Å². The second-order valence-corrected chi connectivity index (χ2v) is 6.05. The molecule has 1 aliphatic carbocycles. The molecule has 0 fully saturated rings. The first-order valence-corrected chi connectivity index (χ1v) is 7.76. The number of nitrogens with one attached hydrogen (secondary N) is 1. The summed E-state index contributed by atoms with van der Waals surface area (Å²) in [4.78, 5) is 0. The molecule has 2 atom stereocenters. The Morgan fingerprint density at radius 1 is 0.905 bits per heavy atom. The molecule has 3 rings (SSSR count). The van der Waals surface area contributed by atoms with Gasteiger partial charge in [-0.05, 0) is 67.5 Å². The monoisotopic (exact) mass is 283 g/mol. The normalized spacial score (nSPS) is 16.5. The SMILES string of the molecule is CC(NC(C)c1ccc2c(c1)CCC2)c1cccc(F)c1. The Morgan fingerprint density at radius 3 is 2.38 bits per heavy atom. The molecule has 0 bridgehead atoms. The average Bonchev–Trinajstić information content (AvgIpc) is 2.94. The van der Waals surface area contributed by atoms with Crippen LogP contribution in [0.15, 0.2) is 42.5 Å². The summed E-state index contributed by atoms with van der Waals surface area (Å²) in [6.07, 6.45) is 3.70. The molecule has 1 N–H and O–H groups in total. The Labute approximate surface area is 126 Å². The van der Waals surface area contributed by atoms with Crippen molar-refractivity contribution in [1.29, 1.82) is 0 Å². The molecule has 0 aliphatic heterocycles. The molecule has 0 saturated heterocycles. The van der Waals surface area contributed by atoms with Crippen LogP contribution in [-0.4, -0.2) is 0 Å². The predicted octanol–water partition coefficient (Wildman–Crippen LogP) is 4.73. The van der Waals surface area contributed by atoms with E-state index < -0.39 is 0 Å². The van der Waals surface area contributed by atoms with Crippen molar-refractivity contribution in [2.75, 3.05) is 0 Å². The van der Waals surface area contributed by atoms with Crippen LogP contribution in [-0.2, 0) is 12.8 Å². The van der Waals surface area contributed by atoms with Crippen molar-refractivity contribution in [3.8, 4) is 0 Å². The quantitative estimate of drug-likeness (QED) is 0.855. The van der Waals surface area contributed by atoms with Crippen molar-refractivity contribution in [2.45, 2.75) is 45.2 Å². The van der Waals surface area contributed by atoms with Gasteiger partial charge in [-0.3, -0.25) is 0 Å². The summed E-state index contributed by atoms with van der Waals surface area (Å²) in [5.41, 5.74) is 5.31. The molecule has 2 heteroatoms. The van der Waals surface area contributed by atoms with Crippen LogP contribution < -0.4 is 5.32 Å². The van der Waals surface area contributed by atoms with Crippen LogP contribution in [0.25, 0.3) is 0 Å². The molecule has 2 aromatic rings. The van der Waals surface area contributed by atoms with Gasteiger partial charge in [0.25, 0.3) is 0 Å². The lowest BCUT2D eigenvalue weighted by atomic mass is 10.0. The highest BCUT2D eigenvalue weighted by Gasteiger charge is 2.15. The smallest absolute Gasteiger partial charge is 0.123 e. The van der Waals surface area contributed by atoms with Crippen molar-refractivity contribution in [2.24, 2.45) is 0 Å². The van der Waals surface area contributed by atoms with Gasteiger partial charge in [0, 0.05) is 12.1 Å². The molecule has 0 heterocycles. The minimum atomic E-state index is -0.175. The van der Waals surface area contributed by atoms with Gasteiger partial charge in [-0.1, -0.05) is 30.3 Å². The Balaban J connectivity index is 1.72. The average molecular weight is 283 g/mol. The van der Waals surface area contributed by atoms with E-state index in [0.717, 1.165) is 5.56 Å².